The quantitative estimate of drug-likeness (QED) is 0.537. The number of nitrogens with zero attached hydrogens (tertiary/aromatic N) is 1. The number of amides is 1. The molecular weight excluding hydrogens is 450 g/mol. The molecule has 3 aromatic carbocycles. The van der Waals surface area contributed by atoms with E-state index in [1.54, 1.807) is 30.3 Å². The fourth-order valence-corrected chi connectivity index (χ4v) is 4.60. The van der Waals surface area contributed by atoms with Gasteiger partial charge in [0.05, 0.1) is 26.3 Å². The van der Waals surface area contributed by atoms with Crippen LogP contribution in [0.25, 0.3) is 0 Å². The standard InChI is InChI=1S/C21H17Cl2FN2O3S/c1-14-5-11-17(12-6-14)30(28,29)26(16-9-7-15(24)8-10-16)13-20(27)25-21-18(22)3-2-4-19(21)23/h2-12H,13H2,1H3,(H,25,27). The predicted molar refractivity (Wildman–Crippen MR) is 117 cm³/mol. The van der Waals surface area contributed by atoms with Crippen molar-refractivity contribution >= 4 is 50.5 Å². The number of halogens is 3. The van der Waals surface area contributed by atoms with E-state index in [9.17, 15) is 17.6 Å². The number of aryl methyl sites for hydroxylation is 1. The van der Waals surface area contributed by atoms with E-state index in [2.05, 4.69) is 5.32 Å². The molecule has 0 bridgehead atoms. The number of sulfonamides is 1. The average Bonchev–Trinajstić information content (AvgIpc) is 2.70. The molecule has 9 heteroatoms. The molecule has 0 aliphatic carbocycles. The van der Waals surface area contributed by atoms with Crippen LogP contribution in [0.15, 0.2) is 71.6 Å². The van der Waals surface area contributed by atoms with E-state index in [0.717, 1.165) is 22.0 Å². The summed E-state index contributed by atoms with van der Waals surface area (Å²) < 4.78 is 40.8. The maximum absolute atomic E-state index is 13.4. The van der Waals surface area contributed by atoms with Crippen molar-refractivity contribution in [3.63, 3.8) is 0 Å². The molecule has 5 nitrogen and oxygen atoms in total. The minimum atomic E-state index is -4.11. The summed E-state index contributed by atoms with van der Waals surface area (Å²) in [5.41, 5.74) is 1.20. The molecule has 0 radical (unpaired) electrons. The predicted octanol–water partition coefficient (Wildman–Crippen LogP) is 5.27. The molecule has 1 N–H and O–H groups in total. The molecular formula is C21H17Cl2FN2O3S. The lowest BCUT2D eigenvalue weighted by molar-refractivity contribution is -0.114. The van der Waals surface area contributed by atoms with Gasteiger partial charge in [-0.05, 0) is 55.5 Å². The molecule has 0 aliphatic heterocycles. The van der Waals surface area contributed by atoms with Crippen LogP contribution in [0.3, 0.4) is 0 Å². The zero-order valence-electron chi connectivity index (χ0n) is 15.8. The first-order chi connectivity index (χ1) is 14.2. The molecule has 3 aromatic rings. The highest BCUT2D eigenvalue weighted by Crippen LogP contribution is 2.30. The lowest BCUT2D eigenvalue weighted by atomic mass is 10.2. The third kappa shape index (κ3) is 4.92. The Kier molecular flexibility index (Phi) is 6.65. The van der Waals surface area contributed by atoms with E-state index in [4.69, 9.17) is 23.2 Å². The molecule has 0 spiro atoms. The lowest BCUT2D eigenvalue weighted by Crippen LogP contribution is -2.38. The Morgan fingerprint density at radius 3 is 2.10 bits per heavy atom. The first-order valence-corrected chi connectivity index (χ1v) is 11.0. The van der Waals surface area contributed by atoms with Gasteiger partial charge < -0.3 is 5.32 Å². The Labute approximate surface area is 184 Å². The highest BCUT2D eigenvalue weighted by molar-refractivity contribution is 7.92. The van der Waals surface area contributed by atoms with Gasteiger partial charge in [-0.2, -0.15) is 0 Å². The Morgan fingerprint density at radius 1 is 0.967 bits per heavy atom. The molecule has 0 aliphatic rings. The van der Waals surface area contributed by atoms with Crippen LogP contribution in [0.2, 0.25) is 10.0 Å². The summed E-state index contributed by atoms with van der Waals surface area (Å²) in [6.45, 7) is 1.26. The van der Waals surface area contributed by atoms with Gasteiger partial charge >= 0.3 is 0 Å². The second-order valence-corrected chi connectivity index (χ2v) is 9.12. The van der Waals surface area contributed by atoms with Gasteiger partial charge in [-0.1, -0.05) is 47.0 Å². The third-order valence-electron chi connectivity index (χ3n) is 4.24. The van der Waals surface area contributed by atoms with Gasteiger partial charge in [0.25, 0.3) is 10.0 Å². The Bertz CT molecular complexity index is 1150. The largest absolute Gasteiger partial charge is 0.322 e. The van der Waals surface area contributed by atoms with Gasteiger partial charge in [-0.15, -0.1) is 0 Å². The maximum atomic E-state index is 13.4. The molecule has 0 fully saturated rings. The Morgan fingerprint density at radius 2 is 1.53 bits per heavy atom. The SMILES string of the molecule is Cc1ccc(S(=O)(=O)N(CC(=O)Nc2c(Cl)cccc2Cl)c2ccc(F)cc2)cc1. The van der Waals surface area contributed by atoms with Gasteiger partial charge in [0.2, 0.25) is 5.91 Å². The van der Waals surface area contributed by atoms with Crippen molar-refractivity contribution in [1.29, 1.82) is 0 Å². The molecule has 0 saturated carbocycles. The second kappa shape index (κ2) is 9.04. The highest BCUT2D eigenvalue weighted by Gasteiger charge is 2.27. The molecule has 0 heterocycles. The fourth-order valence-electron chi connectivity index (χ4n) is 2.69. The molecule has 0 aromatic heterocycles. The summed E-state index contributed by atoms with van der Waals surface area (Å²) >= 11 is 12.1. The van der Waals surface area contributed by atoms with Gasteiger partial charge in [-0.3, -0.25) is 9.10 Å². The molecule has 0 saturated heterocycles. The summed E-state index contributed by atoms with van der Waals surface area (Å²) in [7, 11) is -4.11. The van der Waals surface area contributed by atoms with Crippen LogP contribution in [-0.2, 0) is 14.8 Å². The van der Waals surface area contributed by atoms with Crippen LogP contribution < -0.4 is 9.62 Å². The molecule has 1 amide bonds. The van der Waals surface area contributed by atoms with Crippen molar-refractivity contribution in [3.8, 4) is 0 Å². The van der Waals surface area contributed by atoms with E-state index < -0.39 is 28.3 Å². The Balaban J connectivity index is 1.96. The number of hydrogen-bond acceptors (Lipinski definition) is 3. The number of nitrogens with one attached hydrogen (secondary N) is 1. The van der Waals surface area contributed by atoms with Crippen molar-refractivity contribution in [1.82, 2.24) is 0 Å². The first kappa shape index (κ1) is 22.1. The van der Waals surface area contributed by atoms with Crippen molar-refractivity contribution in [2.45, 2.75) is 11.8 Å². The van der Waals surface area contributed by atoms with Crippen molar-refractivity contribution < 1.29 is 17.6 Å². The normalized spacial score (nSPS) is 11.2. The van der Waals surface area contributed by atoms with E-state index in [1.807, 2.05) is 6.92 Å². The van der Waals surface area contributed by atoms with Crippen molar-refractivity contribution in [2.75, 3.05) is 16.2 Å². The van der Waals surface area contributed by atoms with Crippen molar-refractivity contribution in [3.05, 3.63) is 88.2 Å². The third-order valence-corrected chi connectivity index (χ3v) is 6.66. The smallest absolute Gasteiger partial charge is 0.264 e. The molecule has 156 valence electrons. The van der Waals surface area contributed by atoms with Gasteiger partial charge in [0.1, 0.15) is 12.4 Å². The number of para-hydroxylation sites is 1. The zero-order chi connectivity index (χ0) is 21.9. The van der Waals surface area contributed by atoms with E-state index in [1.165, 1.54) is 24.3 Å². The van der Waals surface area contributed by atoms with Crippen LogP contribution in [0.1, 0.15) is 5.56 Å². The number of hydrogen-bond donors (Lipinski definition) is 1. The molecule has 0 atom stereocenters. The number of carbonyl (C=O) groups excluding carboxylic acids is 1. The van der Waals surface area contributed by atoms with Gasteiger partial charge in [0, 0.05) is 0 Å². The topological polar surface area (TPSA) is 66.5 Å². The minimum absolute atomic E-state index is 0.000927. The summed E-state index contributed by atoms with van der Waals surface area (Å²) in [5, 5.41) is 2.97. The number of rotatable bonds is 6. The van der Waals surface area contributed by atoms with Crippen LogP contribution in [0, 0.1) is 12.7 Å². The van der Waals surface area contributed by atoms with Crippen LogP contribution in [0.4, 0.5) is 15.8 Å². The minimum Gasteiger partial charge on any atom is -0.322 e. The molecule has 0 unspecified atom stereocenters. The van der Waals surface area contributed by atoms with Gasteiger partial charge in [-0.25, -0.2) is 12.8 Å². The van der Waals surface area contributed by atoms with E-state index in [-0.39, 0.29) is 26.3 Å². The maximum Gasteiger partial charge on any atom is 0.264 e. The summed E-state index contributed by atoms with van der Waals surface area (Å²) in [6.07, 6.45) is 0. The van der Waals surface area contributed by atoms with E-state index >= 15 is 0 Å². The molecule has 30 heavy (non-hydrogen) atoms. The average molecular weight is 467 g/mol. The summed E-state index contributed by atoms with van der Waals surface area (Å²) in [4.78, 5) is 12.7. The zero-order valence-corrected chi connectivity index (χ0v) is 18.1. The fraction of sp³-hybridized carbons (Fsp3) is 0.0952. The monoisotopic (exact) mass is 466 g/mol. The summed E-state index contributed by atoms with van der Waals surface area (Å²) in [6, 6.07) is 15.7. The van der Waals surface area contributed by atoms with Crippen LogP contribution in [-0.4, -0.2) is 20.9 Å². The number of benzene rings is 3. The van der Waals surface area contributed by atoms with Crippen LogP contribution in [0.5, 0.6) is 0 Å². The summed E-state index contributed by atoms with van der Waals surface area (Å²) in [5.74, 6) is -1.19. The van der Waals surface area contributed by atoms with Crippen molar-refractivity contribution in [2.24, 2.45) is 0 Å². The molecule has 3 rings (SSSR count). The van der Waals surface area contributed by atoms with Crippen LogP contribution >= 0.6 is 23.2 Å². The second-order valence-electron chi connectivity index (χ2n) is 6.45. The van der Waals surface area contributed by atoms with E-state index in [0.29, 0.717) is 0 Å². The van der Waals surface area contributed by atoms with Gasteiger partial charge in [0.15, 0.2) is 0 Å². The first-order valence-electron chi connectivity index (χ1n) is 8.77. The highest BCUT2D eigenvalue weighted by atomic mass is 35.5. The number of anilines is 2. The Hall–Kier alpha value is -2.61. The lowest BCUT2D eigenvalue weighted by Gasteiger charge is -2.24. The number of carbonyl (C=O) groups is 1.